The highest BCUT2D eigenvalue weighted by molar-refractivity contribution is 4.66. The number of rotatable bonds is 8. The summed E-state index contributed by atoms with van der Waals surface area (Å²) in [5.74, 6) is 0.942. The molecule has 0 aliphatic heterocycles. The van der Waals surface area contributed by atoms with Gasteiger partial charge in [0.05, 0.1) is 6.10 Å². The minimum atomic E-state index is 0.382. The van der Waals surface area contributed by atoms with Crippen LogP contribution in [0.2, 0.25) is 0 Å². The molecular weight excluding hydrogens is 222 g/mol. The molecule has 0 aromatic heterocycles. The van der Waals surface area contributed by atoms with Gasteiger partial charge < -0.3 is 10.1 Å². The Labute approximate surface area is 114 Å². The topological polar surface area (TPSA) is 21.3 Å². The highest BCUT2D eigenvalue weighted by atomic mass is 16.5. The van der Waals surface area contributed by atoms with Gasteiger partial charge in [-0.2, -0.15) is 0 Å². The van der Waals surface area contributed by atoms with Gasteiger partial charge in [0.1, 0.15) is 0 Å². The zero-order valence-corrected chi connectivity index (χ0v) is 12.5. The van der Waals surface area contributed by atoms with Crippen LogP contribution in [0.1, 0.15) is 71.6 Å². The molecule has 1 fully saturated rings. The van der Waals surface area contributed by atoms with Crippen molar-refractivity contribution in [2.45, 2.75) is 77.7 Å². The van der Waals surface area contributed by atoms with Crippen molar-refractivity contribution in [3.05, 3.63) is 0 Å². The molecule has 18 heavy (non-hydrogen) atoms. The molecule has 0 amide bonds. The summed E-state index contributed by atoms with van der Waals surface area (Å²) in [6.45, 7) is 7.53. The lowest BCUT2D eigenvalue weighted by Gasteiger charge is -2.20. The Balaban J connectivity index is 1.89. The van der Waals surface area contributed by atoms with Crippen LogP contribution in [0.15, 0.2) is 0 Å². The zero-order valence-electron chi connectivity index (χ0n) is 12.5. The van der Waals surface area contributed by atoms with Crippen molar-refractivity contribution < 1.29 is 4.74 Å². The first-order valence-electron chi connectivity index (χ1n) is 8.11. The molecular formula is C16H33NO. The maximum Gasteiger partial charge on any atom is 0.0518 e. The molecule has 0 atom stereocenters. The standard InChI is InChI=1S/C16H33NO/c1-15(2)18-13-9-8-12-17-14-16-10-6-4-3-5-7-11-16/h15-17H,3-14H2,1-2H3. The molecule has 1 saturated carbocycles. The summed E-state index contributed by atoms with van der Waals surface area (Å²) < 4.78 is 5.54. The molecule has 1 rings (SSSR count). The number of ether oxygens (including phenoxy) is 1. The van der Waals surface area contributed by atoms with Crippen LogP contribution in [0, 0.1) is 5.92 Å². The van der Waals surface area contributed by atoms with E-state index in [1.165, 1.54) is 64.3 Å². The highest BCUT2D eigenvalue weighted by Crippen LogP contribution is 2.21. The van der Waals surface area contributed by atoms with Gasteiger partial charge in [0, 0.05) is 6.61 Å². The van der Waals surface area contributed by atoms with E-state index < -0.39 is 0 Å². The average Bonchev–Trinajstić information content (AvgIpc) is 2.29. The maximum absolute atomic E-state index is 5.54. The molecule has 2 heteroatoms. The fraction of sp³-hybridized carbons (Fsp3) is 1.00. The molecule has 0 unspecified atom stereocenters. The minimum Gasteiger partial charge on any atom is -0.379 e. The predicted molar refractivity (Wildman–Crippen MR) is 79.0 cm³/mol. The van der Waals surface area contributed by atoms with E-state index in [0.717, 1.165) is 19.1 Å². The van der Waals surface area contributed by atoms with E-state index in [4.69, 9.17) is 4.74 Å². The quantitative estimate of drug-likeness (QED) is 0.658. The number of unbranched alkanes of at least 4 members (excludes halogenated alkanes) is 1. The Morgan fingerprint density at radius 3 is 2.33 bits per heavy atom. The fourth-order valence-electron chi connectivity index (χ4n) is 2.72. The molecule has 0 bridgehead atoms. The molecule has 0 saturated heterocycles. The summed E-state index contributed by atoms with van der Waals surface area (Å²) in [5.41, 5.74) is 0. The van der Waals surface area contributed by atoms with Gasteiger partial charge in [-0.25, -0.2) is 0 Å². The second kappa shape index (κ2) is 10.8. The van der Waals surface area contributed by atoms with Crippen molar-refractivity contribution >= 4 is 0 Å². The largest absolute Gasteiger partial charge is 0.379 e. The average molecular weight is 255 g/mol. The van der Waals surface area contributed by atoms with Crippen LogP contribution in [0.25, 0.3) is 0 Å². The molecule has 0 spiro atoms. The van der Waals surface area contributed by atoms with Gasteiger partial charge in [-0.1, -0.05) is 32.1 Å². The second-order valence-corrected chi connectivity index (χ2v) is 6.04. The van der Waals surface area contributed by atoms with E-state index in [-0.39, 0.29) is 0 Å². The van der Waals surface area contributed by atoms with E-state index in [1.54, 1.807) is 0 Å². The monoisotopic (exact) mass is 255 g/mol. The van der Waals surface area contributed by atoms with Crippen molar-refractivity contribution in [2.75, 3.05) is 19.7 Å². The molecule has 1 aliphatic rings. The molecule has 0 heterocycles. The smallest absolute Gasteiger partial charge is 0.0518 e. The summed E-state index contributed by atoms with van der Waals surface area (Å²) in [7, 11) is 0. The molecule has 1 aliphatic carbocycles. The molecule has 0 aromatic carbocycles. The first-order valence-corrected chi connectivity index (χ1v) is 8.11. The summed E-state index contributed by atoms with van der Waals surface area (Å²) in [6.07, 6.45) is 13.0. The highest BCUT2D eigenvalue weighted by Gasteiger charge is 2.10. The zero-order chi connectivity index (χ0) is 13.1. The molecule has 108 valence electrons. The van der Waals surface area contributed by atoms with Gasteiger partial charge in [0.15, 0.2) is 0 Å². The first kappa shape index (κ1) is 16.0. The van der Waals surface area contributed by atoms with Crippen LogP contribution in [0.5, 0.6) is 0 Å². The van der Waals surface area contributed by atoms with Gasteiger partial charge in [-0.05, 0) is 58.5 Å². The van der Waals surface area contributed by atoms with Crippen LogP contribution >= 0.6 is 0 Å². The van der Waals surface area contributed by atoms with Crippen LogP contribution in [0.4, 0.5) is 0 Å². The Morgan fingerprint density at radius 2 is 1.67 bits per heavy atom. The van der Waals surface area contributed by atoms with Gasteiger partial charge in [-0.15, -0.1) is 0 Å². The molecule has 0 aromatic rings. The number of hydrogen-bond donors (Lipinski definition) is 1. The number of hydrogen-bond acceptors (Lipinski definition) is 2. The molecule has 2 nitrogen and oxygen atoms in total. The van der Waals surface area contributed by atoms with E-state index >= 15 is 0 Å². The van der Waals surface area contributed by atoms with Crippen LogP contribution in [-0.4, -0.2) is 25.8 Å². The Bertz CT molecular complexity index is 174. The normalized spacial score (nSPS) is 18.8. The molecule has 0 radical (unpaired) electrons. The van der Waals surface area contributed by atoms with Crippen molar-refractivity contribution in [3.8, 4) is 0 Å². The van der Waals surface area contributed by atoms with Crippen LogP contribution in [-0.2, 0) is 4.74 Å². The lowest BCUT2D eigenvalue weighted by molar-refractivity contribution is 0.0760. The lowest BCUT2D eigenvalue weighted by atomic mass is 9.91. The number of nitrogens with one attached hydrogen (secondary N) is 1. The summed E-state index contributed by atoms with van der Waals surface area (Å²) >= 11 is 0. The van der Waals surface area contributed by atoms with Crippen molar-refractivity contribution in [3.63, 3.8) is 0 Å². The van der Waals surface area contributed by atoms with Crippen LogP contribution in [0.3, 0.4) is 0 Å². The third kappa shape index (κ3) is 8.93. The lowest BCUT2D eigenvalue weighted by Crippen LogP contribution is -2.24. The third-order valence-electron chi connectivity index (χ3n) is 3.86. The van der Waals surface area contributed by atoms with Crippen molar-refractivity contribution in [2.24, 2.45) is 5.92 Å². The van der Waals surface area contributed by atoms with Gasteiger partial charge >= 0.3 is 0 Å². The van der Waals surface area contributed by atoms with E-state index in [1.807, 2.05) is 0 Å². The summed E-state index contributed by atoms with van der Waals surface area (Å²) in [5, 5.41) is 3.64. The van der Waals surface area contributed by atoms with E-state index in [0.29, 0.717) is 6.10 Å². The second-order valence-electron chi connectivity index (χ2n) is 6.04. The Kier molecular flexibility index (Phi) is 9.59. The molecule has 1 N–H and O–H groups in total. The first-order chi connectivity index (χ1) is 8.79. The van der Waals surface area contributed by atoms with E-state index in [9.17, 15) is 0 Å². The SMILES string of the molecule is CC(C)OCCCCNCC1CCCCCCC1. The Morgan fingerprint density at radius 1 is 1.00 bits per heavy atom. The fourth-order valence-corrected chi connectivity index (χ4v) is 2.72. The minimum absolute atomic E-state index is 0.382. The van der Waals surface area contributed by atoms with Gasteiger partial charge in [0.25, 0.3) is 0 Å². The van der Waals surface area contributed by atoms with Crippen molar-refractivity contribution in [1.29, 1.82) is 0 Å². The maximum atomic E-state index is 5.54. The van der Waals surface area contributed by atoms with Gasteiger partial charge in [-0.3, -0.25) is 0 Å². The van der Waals surface area contributed by atoms with Crippen molar-refractivity contribution in [1.82, 2.24) is 5.32 Å². The third-order valence-corrected chi connectivity index (χ3v) is 3.86. The summed E-state index contributed by atoms with van der Waals surface area (Å²) in [6, 6.07) is 0. The van der Waals surface area contributed by atoms with Crippen LogP contribution < -0.4 is 5.32 Å². The van der Waals surface area contributed by atoms with E-state index in [2.05, 4.69) is 19.2 Å². The summed E-state index contributed by atoms with van der Waals surface area (Å²) in [4.78, 5) is 0. The Hall–Kier alpha value is -0.0800. The van der Waals surface area contributed by atoms with Gasteiger partial charge in [0.2, 0.25) is 0 Å². The predicted octanol–water partition coefficient (Wildman–Crippen LogP) is 4.14.